The van der Waals surface area contributed by atoms with Crippen molar-refractivity contribution in [3.63, 3.8) is 0 Å². The second-order valence-electron chi connectivity index (χ2n) is 6.61. The molecule has 0 unspecified atom stereocenters. The number of aliphatic hydroxyl groups is 2. The summed E-state index contributed by atoms with van der Waals surface area (Å²) in [7, 11) is -3.89. The molecule has 5 nitrogen and oxygen atoms in total. The Hall–Kier alpha value is -2.43. The van der Waals surface area contributed by atoms with Crippen LogP contribution in [-0.4, -0.2) is 37.4 Å². The number of hydrogen-bond acceptors (Lipinski definition) is 5. The molecule has 138 valence electrons. The lowest BCUT2D eigenvalue weighted by molar-refractivity contribution is -0.107. The monoisotopic (exact) mass is 382 g/mol. The minimum atomic E-state index is -3.89. The first-order chi connectivity index (χ1) is 12.9. The van der Waals surface area contributed by atoms with E-state index in [1.165, 1.54) is 12.1 Å². The third-order valence-corrected chi connectivity index (χ3v) is 7.09. The van der Waals surface area contributed by atoms with Crippen LogP contribution in [0.2, 0.25) is 0 Å². The number of rotatable bonds is 4. The number of hydrogen-bond donors (Lipinski definition) is 2. The van der Waals surface area contributed by atoms with Crippen LogP contribution in [0.3, 0.4) is 0 Å². The van der Waals surface area contributed by atoms with Gasteiger partial charge in [0.15, 0.2) is 0 Å². The Kier molecular flexibility index (Phi) is 4.21. The molecule has 3 atom stereocenters. The van der Waals surface area contributed by atoms with E-state index in [1.807, 2.05) is 0 Å². The van der Waals surface area contributed by atoms with Crippen LogP contribution >= 0.6 is 0 Å². The smallest absolute Gasteiger partial charge is 0.207 e. The Balaban J connectivity index is 2.04. The molecule has 1 saturated carbocycles. The van der Waals surface area contributed by atoms with Gasteiger partial charge in [0.2, 0.25) is 9.84 Å². The van der Waals surface area contributed by atoms with E-state index in [1.54, 1.807) is 42.5 Å². The molecule has 0 spiro atoms. The van der Waals surface area contributed by atoms with Crippen LogP contribution in [0.4, 0.5) is 0 Å². The van der Waals surface area contributed by atoms with Gasteiger partial charge in [-0.15, -0.1) is 6.42 Å². The van der Waals surface area contributed by atoms with E-state index in [0.717, 1.165) is 0 Å². The average molecular weight is 382 g/mol. The quantitative estimate of drug-likeness (QED) is 0.789. The lowest BCUT2D eigenvalue weighted by atomic mass is 9.89. The molecule has 2 aliphatic carbocycles. The summed E-state index contributed by atoms with van der Waals surface area (Å²) in [5.41, 5.74) is -0.129. The van der Waals surface area contributed by atoms with Crippen molar-refractivity contribution in [1.82, 2.24) is 0 Å². The van der Waals surface area contributed by atoms with Gasteiger partial charge >= 0.3 is 0 Å². The number of ether oxygens (including phenoxy) is 1. The van der Waals surface area contributed by atoms with Crippen LogP contribution in [-0.2, 0) is 20.2 Å². The molecule has 0 aliphatic heterocycles. The summed E-state index contributed by atoms with van der Waals surface area (Å²) in [6.45, 7) is -0.125. The van der Waals surface area contributed by atoms with Crippen molar-refractivity contribution in [3.05, 3.63) is 71.3 Å². The van der Waals surface area contributed by atoms with E-state index in [2.05, 4.69) is 5.92 Å². The minimum Gasteiger partial charge on any atom is -0.390 e. The largest absolute Gasteiger partial charge is 0.390 e. The number of terminal acetylenes is 1. The minimum absolute atomic E-state index is 0.0121. The number of fused-ring (bicyclic) bond motifs is 3. The molecular formula is C21H18O5S. The molecule has 1 fully saturated rings. The van der Waals surface area contributed by atoms with Gasteiger partial charge in [0.25, 0.3) is 0 Å². The van der Waals surface area contributed by atoms with Crippen LogP contribution in [0.5, 0.6) is 0 Å². The van der Waals surface area contributed by atoms with Gasteiger partial charge in [-0.05, 0) is 23.3 Å². The van der Waals surface area contributed by atoms with Gasteiger partial charge in [-0.3, -0.25) is 0 Å². The maximum Gasteiger partial charge on any atom is 0.207 e. The normalized spacial score (nSPS) is 26.6. The summed E-state index contributed by atoms with van der Waals surface area (Å²) in [4.78, 5) is 0.225. The summed E-state index contributed by atoms with van der Waals surface area (Å²) in [5.74, 6) is 2.37. The predicted octanol–water partition coefficient (Wildman–Crippen LogP) is 1.86. The van der Waals surface area contributed by atoms with E-state index in [0.29, 0.717) is 16.7 Å². The zero-order valence-electron chi connectivity index (χ0n) is 14.4. The van der Waals surface area contributed by atoms with E-state index < -0.39 is 27.6 Å². The van der Waals surface area contributed by atoms with E-state index >= 15 is 0 Å². The second kappa shape index (κ2) is 6.32. The van der Waals surface area contributed by atoms with Crippen molar-refractivity contribution in [1.29, 1.82) is 0 Å². The van der Waals surface area contributed by atoms with E-state index in [9.17, 15) is 18.6 Å². The van der Waals surface area contributed by atoms with Gasteiger partial charge in [0, 0.05) is 12.0 Å². The highest BCUT2D eigenvalue weighted by atomic mass is 32.2. The lowest BCUT2D eigenvalue weighted by Crippen LogP contribution is -2.42. The molecule has 4 rings (SSSR count). The fourth-order valence-electron chi connectivity index (χ4n) is 4.10. The molecular weight excluding hydrogens is 364 g/mol. The van der Waals surface area contributed by atoms with E-state index in [-0.39, 0.29) is 22.8 Å². The Morgan fingerprint density at radius 1 is 1.11 bits per heavy atom. The summed E-state index contributed by atoms with van der Waals surface area (Å²) in [6, 6.07) is 15.0. The molecule has 2 aliphatic rings. The van der Waals surface area contributed by atoms with Crippen LogP contribution in [0.15, 0.2) is 65.1 Å². The van der Waals surface area contributed by atoms with Crippen molar-refractivity contribution in [2.45, 2.75) is 29.1 Å². The van der Waals surface area contributed by atoms with Crippen molar-refractivity contribution >= 4 is 14.7 Å². The SMILES string of the molecule is C#CCO[C@]12C(=C(S(=O)(=O)c3ccccc3)c3ccccc31)C[C@H](O)[C@@H]2O. The topological polar surface area (TPSA) is 83.8 Å². The van der Waals surface area contributed by atoms with Gasteiger partial charge < -0.3 is 14.9 Å². The predicted molar refractivity (Wildman–Crippen MR) is 100 cm³/mol. The highest BCUT2D eigenvalue weighted by molar-refractivity contribution is 8.00. The fraction of sp³-hybridized carbons (Fsp3) is 0.238. The Bertz CT molecular complexity index is 1070. The molecule has 0 amide bonds. The van der Waals surface area contributed by atoms with Crippen LogP contribution in [0, 0.1) is 12.3 Å². The van der Waals surface area contributed by atoms with Gasteiger partial charge in [-0.2, -0.15) is 0 Å². The zero-order valence-corrected chi connectivity index (χ0v) is 15.2. The molecule has 2 N–H and O–H groups in total. The standard InChI is InChI=1S/C21H18O5S/c1-2-12-26-21-16-11-7-6-10-15(16)19(17(21)13-18(22)20(21)23)27(24,25)14-8-4-3-5-9-14/h1,3-11,18,20,22-23H,12-13H2/t18-,20-,21-/m0/s1. The van der Waals surface area contributed by atoms with Gasteiger partial charge in [-0.25, -0.2) is 8.42 Å². The zero-order chi connectivity index (χ0) is 19.2. The molecule has 2 aromatic carbocycles. The first kappa shape index (κ1) is 18.0. The molecule has 2 aromatic rings. The van der Waals surface area contributed by atoms with Crippen LogP contribution in [0.1, 0.15) is 17.5 Å². The summed E-state index contributed by atoms with van der Waals surface area (Å²) >= 11 is 0. The Labute approximate surface area is 157 Å². The first-order valence-corrected chi connectivity index (χ1v) is 10.00. The summed E-state index contributed by atoms with van der Waals surface area (Å²) < 4.78 is 32.8. The summed E-state index contributed by atoms with van der Waals surface area (Å²) in [5, 5.41) is 21.1. The van der Waals surface area contributed by atoms with Crippen molar-refractivity contribution in [3.8, 4) is 12.3 Å². The van der Waals surface area contributed by atoms with Gasteiger partial charge in [0.05, 0.1) is 15.9 Å². The maximum atomic E-state index is 13.5. The number of aliphatic hydroxyl groups excluding tert-OH is 2. The van der Waals surface area contributed by atoms with Gasteiger partial charge in [-0.1, -0.05) is 48.4 Å². The maximum absolute atomic E-state index is 13.5. The third kappa shape index (κ3) is 2.40. The first-order valence-electron chi connectivity index (χ1n) is 8.51. The lowest BCUT2D eigenvalue weighted by Gasteiger charge is -2.32. The Morgan fingerprint density at radius 3 is 2.48 bits per heavy atom. The van der Waals surface area contributed by atoms with Crippen molar-refractivity contribution in [2.24, 2.45) is 0 Å². The van der Waals surface area contributed by atoms with Gasteiger partial charge in [0.1, 0.15) is 18.3 Å². The molecule has 6 heteroatoms. The van der Waals surface area contributed by atoms with E-state index in [4.69, 9.17) is 11.2 Å². The second-order valence-corrected chi connectivity index (χ2v) is 8.50. The number of sulfone groups is 1. The fourth-order valence-corrected chi connectivity index (χ4v) is 5.88. The highest BCUT2D eigenvalue weighted by Crippen LogP contribution is 2.57. The molecule has 0 saturated heterocycles. The summed E-state index contributed by atoms with van der Waals surface area (Å²) in [6.07, 6.45) is 2.87. The number of benzene rings is 2. The van der Waals surface area contributed by atoms with Crippen molar-refractivity contribution < 1.29 is 23.4 Å². The molecule has 0 aromatic heterocycles. The van der Waals surface area contributed by atoms with Crippen molar-refractivity contribution in [2.75, 3.05) is 6.61 Å². The van der Waals surface area contributed by atoms with Crippen LogP contribution in [0.25, 0.3) is 4.91 Å². The third-order valence-electron chi connectivity index (χ3n) is 5.19. The molecule has 27 heavy (non-hydrogen) atoms. The average Bonchev–Trinajstić information content (AvgIpc) is 3.10. The molecule has 0 bridgehead atoms. The van der Waals surface area contributed by atoms with Crippen LogP contribution < -0.4 is 0 Å². The molecule has 0 heterocycles. The molecule has 0 radical (unpaired) electrons. The highest BCUT2D eigenvalue weighted by Gasteiger charge is 2.60. The Morgan fingerprint density at radius 2 is 1.78 bits per heavy atom.